The Kier molecular flexibility index (Phi) is 4.38. The van der Waals surface area contributed by atoms with Crippen molar-refractivity contribution in [1.82, 2.24) is 4.98 Å². The summed E-state index contributed by atoms with van der Waals surface area (Å²) in [4.78, 5) is 27.0. The second-order valence-corrected chi connectivity index (χ2v) is 5.21. The van der Waals surface area contributed by atoms with Crippen molar-refractivity contribution in [1.29, 1.82) is 0 Å². The summed E-state index contributed by atoms with van der Waals surface area (Å²) < 4.78 is 1.72. The molecule has 0 fully saturated rings. The first-order valence-electron chi connectivity index (χ1n) is 7.31. The quantitative estimate of drug-likeness (QED) is 0.313. The van der Waals surface area contributed by atoms with Gasteiger partial charge in [0.25, 0.3) is 5.69 Å². The Hall–Kier alpha value is -3.41. The number of nitrogens with zero attached hydrogens (tertiary/aromatic N) is 3. The molecule has 0 atom stereocenters. The zero-order valence-corrected chi connectivity index (χ0v) is 12.7. The smallest absolute Gasteiger partial charge is 0.270 e. The number of aromatic nitrogens is 2. The molecule has 0 aliphatic carbocycles. The molecule has 3 rings (SSSR count). The summed E-state index contributed by atoms with van der Waals surface area (Å²) in [5, 5.41) is 10.9. The van der Waals surface area contributed by atoms with Gasteiger partial charge in [0.1, 0.15) is 5.69 Å². The molecule has 0 saturated heterocycles. The summed E-state index contributed by atoms with van der Waals surface area (Å²) in [7, 11) is 0. The van der Waals surface area contributed by atoms with Crippen molar-refractivity contribution in [2.45, 2.75) is 6.54 Å². The molecule has 0 aliphatic heterocycles. The lowest BCUT2D eigenvalue weighted by Crippen LogP contribution is -2.37. The Morgan fingerprint density at radius 3 is 2.67 bits per heavy atom. The lowest BCUT2D eigenvalue weighted by Gasteiger charge is -2.01. The van der Waals surface area contributed by atoms with Crippen molar-refractivity contribution in [3.8, 4) is 11.3 Å². The first-order chi connectivity index (χ1) is 11.6. The van der Waals surface area contributed by atoms with E-state index in [0.717, 1.165) is 0 Å². The van der Waals surface area contributed by atoms with Gasteiger partial charge in [-0.05, 0) is 0 Å². The fraction of sp³-hybridized carbons (Fsp3) is 0.0556. The van der Waals surface area contributed by atoms with E-state index in [2.05, 4.69) is 4.98 Å². The number of ketones is 1. The maximum atomic E-state index is 12.3. The highest BCUT2D eigenvalue weighted by atomic mass is 16.6. The number of benzene rings is 2. The monoisotopic (exact) mass is 320 g/mol. The predicted octanol–water partition coefficient (Wildman–Crippen LogP) is 2.83. The number of non-ortho nitro benzene ring substituents is 1. The number of hydrogen-bond donors (Lipinski definition) is 0. The molecule has 0 aliphatic rings. The van der Waals surface area contributed by atoms with E-state index in [-0.39, 0.29) is 18.0 Å². The van der Waals surface area contributed by atoms with Gasteiger partial charge >= 0.3 is 0 Å². The molecule has 0 amide bonds. The molecule has 3 aromatic rings. The summed E-state index contributed by atoms with van der Waals surface area (Å²) >= 11 is 0. The molecule has 1 aromatic heterocycles. The molecular formula is C18H14N3O3+. The van der Waals surface area contributed by atoms with E-state index in [9.17, 15) is 14.9 Å². The number of hydrogen-bond acceptors (Lipinski definition) is 4. The average Bonchev–Trinajstić information content (AvgIpc) is 2.63. The van der Waals surface area contributed by atoms with Gasteiger partial charge in [-0.2, -0.15) is 4.57 Å². The van der Waals surface area contributed by atoms with Crippen LogP contribution >= 0.6 is 0 Å². The number of carbonyl (C=O) groups excluding carboxylic acids is 1. The summed E-state index contributed by atoms with van der Waals surface area (Å²) in [6.07, 6.45) is 4.98. The van der Waals surface area contributed by atoms with Crippen molar-refractivity contribution in [2.24, 2.45) is 0 Å². The molecule has 0 unspecified atom stereocenters. The second-order valence-electron chi connectivity index (χ2n) is 5.21. The Labute approximate surface area is 138 Å². The minimum Gasteiger partial charge on any atom is -0.287 e. The lowest BCUT2D eigenvalue weighted by atomic mass is 10.1. The molecule has 118 valence electrons. The summed E-state index contributed by atoms with van der Waals surface area (Å²) in [6, 6.07) is 15.3. The maximum absolute atomic E-state index is 12.3. The van der Waals surface area contributed by atoms with Crippen LogP contribution in [0, 0.1) is 10.1 Å². The van der Waals surface area contributed by atoms with Gasteiger partial charge in [-0.1, -0.05) is 42.5 Å². The molecule has 6 heteroatoms. The van der Waals surface area contributed by atoms with Gasteiger partial charge in [-0.15, -0.1) is 0 Å². The van der Waals surface area contributed by atoms with Crippen LogP contribution in [0.3, 0.4) is 0 Å². The Morgan fingerprint density at radius 1 is 1.12 bits per heavy atom. The highest BCUT2D eigenvalue weighted by Gasteiger charge is 2.14. The molecule has 6 nitrogen and oxygen atoms in total. The molecule has 0 radical (unpaired) electrons. The first-order valence-corrected chi connectivity index (χ1v) is 7.31. The van der Waals surface area contributed by atoms with E-state index in [0.29, 0.717) is 16.8 Å². The topological polar surface area (TPSA) is 77.0 Å². The minimum atomic E-state index is -0.445. The van der Waals surface area contributed by atoms with E-state index in [4.69, 9.17) is 0 Å². The van der Waals surface area contributed by atoms with Crippen LogP contribution in [0.1, 0.15) is 10.4 Å². The summed E-state index contributed by atoms with van der Waals surface area (Å²) in [5.74, 6) is -0.0169. The molecule has 24 heavy (non-hydrogen) atoms. The fourth-order valence-electron chi connectivity index (χ4n) is 2.34. The third kappa shape index (κ3) is 3.49. The van der Waals surface area contributed by atoms with Crippen LogP contribution in [0.2, 0.25) is 0 Å². The third-order valence-electron chi connectivity index (χ3n) is 3.53. The SMILES string of the molecule is O=C(C[n+]1ccnc(-c2cccc([N+](=O)[O-])c2)c1)c1ccccc1. The Bertz CT molecular complexity index is 895. The Morgan fingerprint density at radius 2 is 1.92 bits per heavy atom. The predicted molar refractivity (Wildman–Crippen MR) is 87.3 cm³/mol. The molecule has 1 heterocycles. The van der Waals surface area contributed by atoms with Crippen LogP contribution in [-0.4, -0.2) is 15.7 Å². The van der Waals surface area contributed by atoms with Gasteiger partial charge in [-0.3, -0.25) is 14.9 Å². The first kappa shape index (κ1) is 15.5. The molecule has 0 saturated carbocycles. The van der Waals surface area contributed by atoms with Crippen molar-refractivity contribution >= 4 is 11.5 Å². The molecule has 2 aromatic carbocycles. The van der Waals surface area contributed by atoms with Gasteiger partial charge in [0.2, 0.25) is 12.3 Å². The summed E-state index contributed by atoms with van der Waals surface area (Å²) in [5.41, 5.74) is 1.84. The highest BCUT2D eigenvalue weighted by molar-refractivity contribution is 5.94. The zero-order valence-electron chi connectivity index (χ0n) is 12.7. The maximum Gasteiger partial charge on any atom is 0.270 e. The number of nitro benzene ring substituents is 1. The number of rotatable bonds is 5. The summed E-state index contributed by atoms with van der Waals surface area (Å²) in [6.45, 7) is 0.175. The Balaban J connectivity index is 1.86. The van der Waals surface area contributed by atoms with Gasteiger partial charge in [0, 0.05) is 23.3 Å². The van der Waals surface area contributed by atoms with Crippen LogP contribution in [0.15, 0.2) is 73.2 Å². The van der Waals surface area contributed by atoms with Gasteiger partial charge in [-0.25, -0.2) is 4.98 Å². The standard InChI is InChI=1S/C18H14N3O3/c22-18(14-5-2-1-3-6-14)13-20-10-9-19-17(12-20)15-7-4-8-16(11-15)21(23)24/h1-12H,13H2/q+1. The average molecular weight is 320 g/mol. The van der Waals surface area contributed by atoms with Crippen LogP contribution in [-0.2, 0) is 6.54 Å². The van der Waals surface area contributed by atoms with Gasteiger partial charge in [0.05, 0.1) is 11.1 Å². The van der Waals surface area contributed by atoms with Crippen molar-refractivity contribution in [2.75, 3.05) is 0 Å². The van der Waals surface area contributed by atoms with E-state index >= 15 is 0 Å². The largest absolute Gasteiger partial charge is 0.287 e. The second kappa shape index (κ2) is 6.78. The van der Waals surface area contributed by atoms with Crippen LogP contribution in [0.25, 0.3) is 11.3 Å². The van der Waals surface area contributed by atoms with Crippen LogP contribution < -0.4 is 4.57 Å². The fourth-order valence-corrected chi connectivity index (χ4v) is 2.34. The van der Waals surface area contributed by atoms with Gasteiger partial charge in [0.15, 0.2) is 12.4 Å². The van der Waals surface area contributed by atoms with Crippen molar-refractivity contribution < 1.29 is 14.3 Å². The van der Waals surface area contributed by atoms with E-state index in [1.807, 2.05) is 18.2 Å². The van der Waals surface area contributed by atoms with Gasteiger partial charge < -0.3 is 0 Å². The third-order valence-corrected chi connectivity index (χ3v) is 3.53. The van der Waals surface area contributed by atoms with E-state index in [1.54, 1.807) is 47.4 Å². The molecule has 0 N–H and O–H groups in total. The van der Waals surface area contributed by atoms with E-state index < -0.39 is 4.92 Å². The van der Waals surface area contributed by atoms with E-state index in [1.165, 1.54) is 12.1 Å². The lowest BCUT2D eigenvalue weighted by molar-refractivity contribution is -0.683. The van der Waals surface area contributed by atoms with Crippen molar-refractivity contribution in [3.05, 3.63) is 88.9 Å². The van der Waals surface area contributed by atoms with Crippen LogP contribution in [0.5, 0.6) is 0 Å². The molecule has 0 spiro atoms. The van der Waals surface area contributed by atoms with Crippen molar-refractivity contribution in [3.63, 3.8) is 0 Å². The minimum absolute atomic E-state index is 0.00469. The molecule has 0 bridgehead atoms. The number of Topliss-reactive ketones (excluding diaryl/α,β-unsaturated/α-hetero) is 1. The van der Waals surface area contributed by atoms with Crippen LogP contribution in [0.4, 0.5) is 5.69 Å². The highest BCUT2D eigenvalue weighted by Crippen LogP contribution is 2.20. The number of carbonyl (C=O) groups is 1. The normalized spacial score (nSPS) is 10.3. The zero-order chi connectivity index (χ0) is 16.9. The number of nitro groups is 1. The molecular weight excluding hydrogens is 306 g/mol.